The van der Waals surface area contributed by atoms with Gasteiger partial charge in [-0.05, 0) is 42.0 Å². The zero-order valence-corrected chi connectivity index (χ0v) is 13.5. The lowest BCUT2D eigenvalue weighted by molar-refractivity contribution is 0.355. The second kappa shape index (κ2) is 8.09. The molecular formula is C16H16FN3O2S. The third kappa shape index (κ3) is 4.93. The molecule has 0 spiro atoms. The fourth-order valence-corrected chi connectivity index (χ4v) is 2.00. The van der Waals surface area contributed by atoms with Crippen LogP contribution in [0, 0.1) is 5.82 Å². The molecule has 2 N–H and O–H groups in total. The summed E-state index contributed by atoms with van der Waals surface area (Å²) in [6, 6.07) is 11.4. The first kappa shape index (κ1) is 16.7. The van der Waals surface area contributed by atoms with Gasteiger partial charge in [-0.2, -0.15) is 5.10 Å². The van der Waals surface area contributed by atoms with E-state index in [1.165, 1.54) is 18.3 Å². The fraction of sp³-hybridized carbons (Fsp3) is 0.125. The summed E-state index contributed by atoms with van der Waals surface area (Å²) in [5.41, 5.74) is 4.01. The first-order chi connectivity index (χ1) is 11.1. The van der Waals surface area contributed by atoms with Gasteiger partial charge in [0.25, 0.3) is 0 Å². The van der Waals surface area contributed by atoms with Crippen LogP contribution in [0.5, 0.6) is 11.5 Å². The molecular weight excluding hydrogens is 317 g/mol. The fourth-order valence-electron chi connectivity index (χ4n) is 1.83. The van der Waals surface area contributed by atoms with Crippen molar-refractivity contribution in [2.75, 3.05) is 19.5 Å². The summed E-state index contributed by atoms with van der Waals surface area (Å²) in [5, 5.41) is 7.21. The van der Waals surface area contributed by atoms with Crippen LogP contribution in [-0.2, 0) is 0 Å². The summed E-state index contributed by atoms with van der Waals surface area (Å²) >= 11 is 5.14. The van der Waals surface area contributed by atoms with Gasteiger partial charge < -0.3 is 14.8 Å². The van der Waals surface area contributed by atoms with Crippen LogP contribution >= 0.6 is 12.2 Å². The molecule has 0 aliphatic rings. The number of hydrogen-bond donors (Lipinski definition) is 2. The number of halogens is 1. The molecule has 2 aromatic carbocycles. The van der Waals surface area contributed by atoms with Crippen molar-refractivity contribution in [3.63, 3.8) is 0 Å². The molecule has 0 aliphatic carbocycles. The molecule has 0 fully saturated rings. The number of benzene rings is 2. The molecule has 5 nitrogen and oxygen atoms in total. The molecule has 0 saturated heterocycles. The summed E-state index contributed by atoms with van der Waals surface area (Å²) in [7, 11) is 3.12. The highest BCUT2D eigenvalue weighted by atomic mass is 32.1. The van der Waals surface area contributed by atoms with Gasteiger partial charge in [-0.1, -0.05) is 12.1 Å². The zero-order chi connectivity index (χ0) is 16.7. The van der Waals surface area contributed by atoms with Crippen LogP contribution in [0.25, 0.3) is 0 Å². The number of nitrogens with zero attached hydrogens (tertiary/aromatic N) is 1. The number of hydrogen-bond acceptors (Lipinski definition) is 4. The van der Waals surface area contributed by atoms with E-state index in [0.717, 1.165) is 5.69 Å². The lowest BCUT2D eigenvalue weighted by Crippen LogP contribution is -2.23. The standard InChI is InChI=1S/C16H16FN3O2S/c1-21-14-7-6-13(9-15(14)22-2)19-16(23)20-18-10-11-4-3-5-12(17)8-11/h3-10H,1-2H3,(H2,19,20,23)/b18-10-. The predicted molar refractivity (Wildman–Crippen MR) is 92.9 cm³/mol. The van der Waals surface area contributed by atoms with Crippen LogP contribution in [-0.4, -0.2) is 25.5 Å². The van der Waals surface area contributed by atoms with Crippen molar-refractivity contribution in [2.45, 2.75) is 0 Å². The molecule has 23 heavy (non-hydrogen) atoms. The highest BCUT2D eigenvalue weighted by Gasteiger charge is 2.05. The number of nitrogens with one attached hydrogen (secondary N) is 2. The van der Waals surface area contributed by atoms with E-state index in [9.17, 15) is 4.39 Å². The molecule has 0 unspecified atom stereocenters. The predicted octanol–water partition coefficient (Wildman–Crippen LogP) is 3.16. The number of hydrazone groups is 1. The minimum atomic E-state index is -0.319. The third-order valence-electron chi connectivity index (χ3n) is 2.87. The Hall–Kier alpha value is -2.67. The Labute approximate surface area is 139 Å². The Balaban J connectivity index is 1.94. The first-order valence-electron chi connectivity index (χ1n) is 6.70. The van der Waals surface area contributed by atoms with E-state index >= 15 is 0 Å². The molecule has 2 aromatic rings. The molecule has 0 saturated carbocycles. The SMILES string of the molecule is COc1ccc(NC(=S)N/N=C\c2cccc(F)c2)cc1OC. The number of ether oxygens (including phenoxy) is 2. The molecule has 120 valence electrons. The Morgan fingerprint density at radius 2 is 1.91 bits per heavy atom. The van der Waals surface area contributed by atoms with Gasteiger partial charge in [-0.25, -0.2) is 4.39 Å². The quantitative estimate of drug-likeness (QED) is 0.500. The van der Waals surface area contributed by atoms with Crippen LogP contribution in [0.15, 0.2) is 47.6 Å². The van der Waals surface area contributed by atoms with Crippen molar-refractivity contribution in [1.82, 2.24) is 5.43 Å². The van der Waals surface area contributed by atoms with Crippen molar-refractivity contribution < 1.29 is 13.9 Å². The monoisotopic (exact) mass is 333 g/mol. The molecule has 0 aromatic heterocycles. The lowest BCUT2D eigenvalue weighted by Gasteiger charge is -2.11. The molecule has 0 heterocycles. The Morgan fingerprint density at radius 1 is 1.13 bits per heavy atom. The summed E-state index contributed by atoms with van der Waals surface area (Å²) in [4.78, 5) is 0. The second-order valence-electron chi connectivity index (χ2n) is 4.45. The summed E-state index contributed by atoms with van der Waals surface area (Å²) in [5.74, 6) is 0.893. The average molecular weight is 333 g/mol. The lowest BCUT2D eigenvalue weighted by atomic mass is 10.2. The highest BCUT2D eigenvalue weighted by molar-refractivity contribution is 7.80. The van der Waals surface area contributed by atoms with Gasteiger partial charge in [0, 0.05) is 11.8 Å². The van der Waals surface area contributed by atoms with E-state index in [1.54, 1.807) is 44.6 Å². The number of methoxy groups -OCH3 is 2. The minimum absolute atomic E-state index is 0.296. The summed E-state index contributed by atoms with van der Waals surface area (Å²) in [6.45, 7) is 0. The van der Waals surface area contributed by atoms with E-state index < -0.39 is 0 Å². The van der Waals surface area contributed by atoms with Crippen molar-refractivity contribution in [1.29, 1.82) is 0 Å². The van der Waals surface area contributed by atoms with E-state index in [1.807, 2.05) is 0 Å². The van der Waals surface area contributed by atoms with Gasteiger partial charge in [0.15, 0.2) is 16.6 Å². The van der Waals surface area contributed by atoms with Crippen LogP contribution in [0.1, 0.15) is 5.56 Å². The Kier molecular flexibility index (Phi) is 5.87. The van der Waals surface area contributed by atoms with E-state index in [2.05, 4.69) is 15.8 Å². The van der Waals surface area contributed by atoms with Crippen molar-refractivity contribution in [2.24, 2.45) is 5.10 Å². The topological polar surface area (TPSA) is 54.9 Å². The van der Waals surface area contributed by atoms with E-state index in [4.69, 9.17) is 21.7 Å². The van der Waals surface area contributed by atoms with Crippen molar-refractivity contribution >= 4 is 29.2 Å². The number of rotatable bonds is 5. The van der Waals surface area contributed by atoms with Crippen molar-refractivity contribution in [3.8, 4) is 11.5 Å². The molecule has 0 atom stereocenters. The first-order valence-corrected chi connectivity index (χ1v) is 7.11. The maximum atomic E-state index is 13.0. The van der Waals surface area contributed by atoms with E-state index in [-0.39, 0.29) is 5.82 Å². The summed E-state index contributed by atoms with van der Waals surface area (Å²) in [6.07, 6.45) is 1.48. The van der Waals surface area contributed by atoms with Gasteiger partial charge in [-0.3, -0.25) is 5.43 Å². The highest BCUT2D eigenvalue weighted by Crippen LogP contribution is 2.29. The normalized spacial score (nSPS) is 10.4. The van der Waals surface area contributed by atoms with Gasteiger partial charge in [0.2, 0.25) is 0 Å². The Bertz CT molecular complexity index is 722. The number of anilines is 1. The Morgan fingerprint density at radius 3 is 2.61 bits per heavy atom. The van der Waals surface area contributed by atoms with Crippen LogP contribution in [0.4, 0.5) is 10.1 Å². The largest absolute Gasteiger partial charge is 0.493 e. The maximum Gasteiger partial charge on any atom is 0.191 e. The van der Waals surface area contributed by atoms with E-state index in [0.29, 0.717) is 22.2 Å². The van der Waals surface area contributed by atoms with Crippen LogP contribution < -0.4 is 20.2 Å². The van der Waals surface area contributed by atoms with Crippen molar-refractivity contribution in [3.05, 3.63) is 53.8 Å². The molecule has 7 heteroatoms. The zero-order valence-electron chi connectivity index (χ0n) is 12.7. The average Bonchev–Trinajstić information content (AvgIpc) is 2.54. The molecule has 0 amide bonds. The number of thiocarbonyl (C=S) groups is 1. The van der Waals surface area contributed by atoms with Gasteiger partial charge in [-0.15, -0.1) is 0 Å². The molecule has 0 radical (unpaired) electrons. The second-order valence-corrected chi connectivity index (χ2v) is 4.86. The van der Waals surface area contributed by atoms with Crippen LogP contribution in [0.2, 0.25) is 0 Å². The van der Waals surface area contributed by atoms with Crippen LogP contribution in [0.3, 0.4) is 0 Å². The van der Waals surface area contributed by atoms with Gasteiger partial charge >= 0.3 is 0 Å². The summed E-state index contributed by atoms with van der Waals surface area (Å²) < 4.78 is 23.4. The smallest absolute Gasteiger partial charge is 0.191 e. The maximum absolute atomic E-state index is 13.0. The van der Waals surface area contributed by atoms with Gasteiger partial charge in [0.1, 0.15) is 5.82 Å². The molecule has 0 bridgehead atoms. The molecule has 0 aliphatic heterocycles. The molecule has 2 rings (SSSR count). The third-order valence-corrected chi connectivity index (χ3v) is 3.06. The minimum Gasteiger partial charge on any atom is -0.493 e. The van der Waals surface area contributed by atoms with Gasteiger partial charge in [0.05, 0.1) is 20.4 Å².